The van der Waals surface area contributed by atoms with E-state index in [4.69, 9.17) is 21.1 Å². The number of carboxylic acid groups (broad SMARTS) is 2. The fourth-order valence-corrected chi connectivity index (χ4v) is 1.19. The molecule has 0 aliphatic carbocycles. The van der Waals surface area contributed by atoms with Crippen molar-refractivity contribution in [2.75, 3.05) is 6.54 Å². The van der Waals surface area contributed by atoms with Crippen molar-refractivity contribution in [3.05, 3.63) is 0 Å². The van der Waals surface area contributed by atoms with Crippen LogP contribution in [0, 0.1) is 0 Å². The Morgan fingerprint density at radius 1 is 1.20 bits per heavy atom. The Morgan fingerprint density at radius 2 is 1.75 bits per heavy atom. The van der Waals surface area contributed by atoms with Crippen molar-refractivity contribution in [3.8, 4) is 0 Å². The SMILES string of the molecule is CC(O)C(NC(=O)CNC(=O)C(N)CC(=O)O)C(=O)O. The van der Waals surface area contributed by atoms with E-state index in [0.717, 1.165) is 0 Å². The maximum absolute atomic E-state index is 11.4. The van der Waals surface area contributed by atoms with Gasteiger partial charge in [0.2, 0.25) is 11.8 Å². The normalized spacial score (nSPS) is 14.8. The first-order valence-electron chi connectivity index (χ1n) is 5.60. The molecule has 10 heteroatoms. The number of amides is 2. The van der Waals surface area contributed by atoms with Gasteiger partial charge in [-0.05, 0) is 6.92 Å². The van der Waals surface area contributed by atoms with E-state index in [0.29, 0.717) is 0 Å². The maximum atomic E-state index is 11.4. The summed E-state index contributed by atoms with van der Waals surface area (Å²) in [4.78, 5) is 43.7. The monoisotopic (exact) mass is 291 g/mol. The molecule has 0 saturated heterocycles. The van der Waals surface area contributed by atoms with Gasteiger partial charge < -0.3 is 31.7 Å². The molecule has 3 unspecified atom stereocenters. The number of aliphatic hydroxyl groups is 1. The summed E-state index contributed by atoms with van der Waals surface area (Å²) in [6.07, 6.45) is -1.92. The minimum Gasteiger partial charge on any atom is -0.481 e. The van der Waals surface area contributed by atoms with Crippen LogP contribution < -0.4 is 16.4 Å². The molecule has 7 N–H and O–H groups in total. The Balaban J connectivity index is 4.25. The molecule has 0 radical (unpaired) electrons. The number of aliphatic hydroxyl groups excluding tert-OH is 1. The van der Waals surface area contributed by atoms with E-state index in [-0.39, 0.29) is 0 Å². The average Bonchev–Trinajstić information content (AvgIpc) is 2.31. The highest BCUT2D eigenvalue weighted by molar-refractivity contribution is 5.91. The fraction of sp³-hybridized carbons (Fsp3) is 0.600. The van der Waals surface area contributed by atoms with Gasteiger partial charge in [-0.15, -0.1) is 0 Å². The summed E-state index contributed by atoms with van der Waals surface area (Å²) in [5.41, 5.74) is 5.24. The fourth-order valence-electron chi connectivity index (χ4n) is 1.19. The molecule has 0 aliphatic rings. The Kier molecular flexibility index (Phi) is 7.18. The van der Waals surface area contributed by atoms with Crippen molar-refractivity contribution in [2.24, 2.45) is 5.73 Å². The zero-order valence-corrected chi connectivity index (χ0v) is 10.7. The van der Waals surface area contributed by atoms with Crippen LogP contribution in [0.3, 0.4) is 0 Å². The number of aliphatic carboxylic acids is 2. The van der Waals surface area contributed by atoms with Crippen molar-refractivity contribution in [3.63, 3.8) is 0 Å². The molecule has 10 nitrogen and oxygen atoms in total. The molecule has 0 spiro atoms. The molecule has 0 saturated carbocycles. The molecule has 0 aromatic carbocycles. The van der Waals surface area contributed by atoms with Crippen molar-refractivity contribution in [1.82, 2.24) is 10.6 Å². The number of rotatable bonds is 8. The van der Waals surface area contributed by atoms with Crippen LogP contribution >= 0.6 is 0 Å². The molecule has 0 aromatic rings. The summed E-state index contributed by atoms with van der Waals surface area (Å²) in [5, 5.41) is 30.3. The average molecular weight is 291 g/mol. The van der Waals surface area contributed by atoms with Crippen LogP contribution in [-0.4, -0.2) is 63.8 Å². The molecule has 114 valence electrons. The number of carbonyl (C=O) groups excluding carboxylic acids is 2. The van der Waals surface area contributed by atoms with Gasteiger partial charge in [0.1, 0.15) is 0 Å². The second kappa shape index (κ2) is 8.07. The molecule has 0 bridgehead atoms. The highest BCUT2D eigenvalue weighted by Gasteiger charge is 2.25. The van der Waals surface area contributed by atoms with Crippen LogP contribution in [0.4, 0.5) is 0 Å². The van der Waals surface area contributed by atoms with Crippen LogP contribution in [0.2, 0.25) is 0 Å². The van der Waals surface area contributed by atoms with Crippen molar-refractivity contribution in [1.29, 1.82) is 0 Å². The van der Waals surface area contributed by atoms with Crippen LogP contribution in [-0.2, 0) is 19.2 Å². The summed E-state index contributed by atoms with van der Waals surface area (Å²) in [6, 6.07) is -2.82. The Labute approximate surface area is 113 Å². The minimum atomic E-state index is -1.51. The van der Waals surface area contributed by atoms with E-state index in [1.165, 1.54) is 6.92 Å². The Morgan fingerprint density at radius 3 is 2.15 bits per heavy atom. The zero-order chi connectivity index (χ0) is 15.9. The second-order valence-corrected chi connectivity index (χ2v) is 4.05. The predicted octanol–water partition coefficient (Wildman–Crippen LogP) is -3.15. The molecule has 0 fully saturated rings. The number of hydrogen-bond donors (Lipinski definition) is 6. The molecule has 0 rings (SSSR count). The van der Waals surface area contributed by atoms with E-state index >= 15 is 0 Å². The van der Waals surface area contributed by atoms with Crippen LogP contribution in [0.1, 0.15) is 13.3 Å². The lowest BCUT2D eigenvalue weighted by Crippen LogP contribution is -2.52. The van der Waals surface area contributed by atoms with E-state index in [1.807, 2.05) is 5.32 Å². The van der Waals surface area contributed by atoms with E-state index in [2.05, 4.69) is 5.32 Å². The van der Waals surface area contributed by atoms with E-state index in [1.54, 1.807) is 0 Å². The van der Waals surface area contributed by atoms with Crippen LogP contribution in [0.5, 0.6) is 0 Å². The second-order valence-electron chi connectivity index (χ2n) is 4.05. The highest BCUT2D eigenvalue weighted by atomic mass is 16.4. The number of hydrogen-bond acceptors (Lipinski definition) is 6. The topological polar surface area (TPSA) is 179 Å². The van der Waals surface area contributed by atoms with Gasteiger partial charge in [0.05, 0.1) is 25.1 Å². The minimum absolute atomic E-state index is 0.581. The first kappa shape index (κ1) is 17.8. The standard InChI is InChI=1S/C10H17N3O7/c1-4(14)8(10(19)20)13-6(15)3-12-9(18)5(11)2-7(16)17/h4-5,8,14H,2-3,11H2,1H3,(H,12,18)(H,13,15)(H,16,17)(H,19,20). The van der Waals surface area contributed by atoms with Gasteiger partial charge in [-0.3, -0.25) is 14.4 Å². The Hall–Kier alpha value is -2.20. The van der Waals surface area contributed by atoms with E-state index in [9.17, 15) is 19.2 Å². The Bertz CT molecular complexity index is 396. The largest absolute Gasteiger partial charge is 0.481 e. The number of nitrogens with two attached hydrogens (primary N) is 1. The van der Waals surface area contributed by atoms with Crippen molar-refractivity contribution >= 4 is 23.8 Å². The summed E-state index contributed by atoms with van der Waals surface area (Å²) in [7, 11) is 0. The lowest BCUT2D eigenvalue weighted by molar-refractivity contribution is -0.144. The number of carbonyl (C=O) groups is 4. The summed E-state index contributed by atoms with van der Waals surface area (Å²) < 4.78 is 0. The molecular formula is C10H17N3O7. The van der Waals surface area contributed by atoms with Gasteiger partial charge in [0.25, 0.3) is 0 Å². The maximum Gasteiger partial charge on any atom is 0.328 e. The predicted molar refractivity (Wildman–Crippen MR) is 64.5 cm³/mol. The van der Waals surface area contributed by atoms with Gasteiger partial charge in [0.15, 0.2) is 6.04 Å². The van der Waals surface area contributed by atoms with Gasteiger partial charge in [0, 0.05) is 0 Å². The van der Waals surface area contributed by atoms with Crippen molar-refractivity contribution in [2.45, 2.75) is 31.5 Å². The quantitative estimate of drug-likeness (QED) is 0.271. The molecule has 3 atom stereocenters. The molecule has 0 heterocycles. The first-order chi connectivity index (χ1) is 9.15. The molecule has 0 aliphatic heterocycles. The lowest BCUT2D eigenvalue weighted by Gasteiger charge is -2.17. The van der Waals surface area contributed by atoms with Crippen LogP contribution in [0.25, 0.3) is 0 Å². The highest BCUT2D eigenvalue weighted by Crippen LogP contribution is 1.93. The van der Waals surface area contributed by atoms with Gasteiger partial charge in [-0.1, -0.05) is 0 Å². The van der Waals surface area contributed by atoms with Gasteiger partial charge >= 0.3 is 11.9 Å². The third kappa shape index (κ3) is 6.66. The molecule has 2 amide bonds. The van der Waals surface area contributed by atoms with Crippen LogP contribution in [0.15, 0.2) is 0 Å². The molecule has 0 aromatic heterocycles. The zero-order valence-electron chi connectivity index (χ0n) is 10.7. The molecular weight excluding hydrogens is 274 g/mol. The third-order valence-corrected chi connectivity index (χ3v) is 2.22. The number of nitrogens with one attached hydrogen (secondary N) is 2. The van der Waals surface area contributed by atoms with E-state index < -0.39 is 54.9 Å². The lowest BCUT2D eigenvalue weighted by atomic mass is 10.2. The van der Waals surface area contributed by atoms with Crippen molar-refractivity contribution < 1.29 is 34.5 Å². The smallest absolute Gasteiger partial charge is 0.328 e. The van der Waals surface area contributed by atoms with Gasteiger partial charge in [-0.2, -0.15) is 0 Å². The first-order valence-corrected chi connectivity index (χ1v) is 5.60. The summed E-state index contributed by atoms with van der Waals surface area (Å²) in [5.74, 6) is -4.40. The summed E-state index contributed by atoms with van der Waals surface area (Å²) in [6.45, 7) is 0.600. The number of carboxylic acids is 2. The third-order valence-electron chi connectivity index (χ3n) is 2.22. The molecule has 20 heavy (non-hydrogen) atoms. The van der Waals surface area contributed by atoms with Gasteiger partial charge in [-0.25, -0.2) is 4.79 Å². The summed E-state index contributed by atoms with van der Waals surface area (Å²) >= 11 is 0.